The predicted octanol–water partition coefficient (Wildman–Crippen LogP) is 1.54. The summed E-state index contributed by atoms with van der Waals surface area (Å²) in [6.45, 7) is 0. The van der Waals surface area contributed by atoms with Gasteiger partial charge in [0.15, 0.2) is 0 Å². The van der Waals surface area contributed by atoms with Crippen LogP contribution in [0.15, 0.2) is 36.4 Å². The number of hydrogen-bond acceptors (Lipinski definition) is 4. The molecule has 0 aliphatic carbocycles. The normalized spacial score (nSPS) is 10.3. The van der Waals surface area contributed by atoms with Crippen molar-refractivity contribution < 1.29 is 19.4 Å². The molecule has 0 fully saturated rings. The lowest BCUT2D eigenvalue weighted by Crippen LogP contribution is -2.22. The minimum absolute atomic E-state index is 0.0832. The van der Waals surface area contributed by atoms with Crippen LogP contribution in [0, 0.1) is 0 Å². The summed E-state index contributed by atoms with van der Waals surface area (Å²) >= 11 is 1.90. The summed E-state index contributed by atoms with van der Waals surface area (Å²) in [5, 5.41) is 12.1. The minimum Gasteiger partial charge on any atom is -0.545 e. The number of ether oxygens (including phenoxy) is 1. The van der Waals surface area contributed by atoms with Gasteiger partial charge in [-0.1, -0.05) is 52.9 Å². The zero-order valence-corrected chi connectivity index (χ0v) is 11.3. The second-order valence-corrected chi connectivity index (χ2v) is 4.31. The summed E-state index contributed by atoms with van der Waals surface area (Å²) in [7, 11) is 0. The van der Waals surface area contributed by atoms with Crippen molar-refractivity contribution in [1.29, 1.82) is 0 Å². The van der Waals surface area contributed by atoms with E-state index in [1.54, 1.807) is 30.3 Å². The smallest absolute Gasteiger partial charge is 0.321 e. The highest BCUT2D eigenvalue weighted by Crippen LogP contribution is 2.28. The van der Waals surface area contributed by atoms with Crippen molar-refractivity contribution in [3.63, 3.8) is 0 Å². The van der Waals surface area contributed by atoms with Gasteiger partial charge < -0.3 is 14.6 Å². The maximum atomic E-state index is 11.3. The number of benzene rings is 2. The third kappa shape index (κ3) is 2.45. The molecule has 5 heteroatoms. The van der Waals surface area contributed by atoms with E-state index in [1.807, 2.05) is 22.6 Å². The van der Waals surface area contributed by atoms with Gasteiger partial charge in [0.1, 0.15) is 5.75 Å². The molecule has 18 heavy (non-hydrogen) atoms. The quantitative estimate of drug-likeness (QED) is 0.363. The minimum atomic E-state index is -1.25. The van der Waals surface area contributed by atoms with Crippen LogP contribution < -0.4 is 9.84 Å². The molecule has 2 aromatic carbocycles. The van der Waals surface area contributed by atoms with Crippen LogP contribution in [0.4, 0.5) is 0 Å². The Labute approximate surface area is 117 Å². The van der Waals surface area contributed by atoms with Crippen molar-refractivity contribution >= 4 is 45.3 Å². The third-order valence-corrected chi connectivity index (χ3v) is 3.06. The van der Waals surface area contributed by atoms with Crippen LogP contribution in [0.25, 0.3) is 10.8 Å². The SMILES string of the molecule is O=C(CI)Oc1cccc2c(C(=O)[O-])cccc12. The van der Waals surface area contributed by atoms with Gasteiger partial charge in [-0.05, 0) is 11.5 Å². The maximum absolute atomic E-state index is 11.3. The van der Waals surface area contributed by atoms with E-state index in [4.69, 9.17) is 4.74 Å². The van der Waals surface area contributed by atoms with E-state index >= 15 is 0 Å². The topological polar surface area (TPSA) is 66.4 Å². The number of hydrogen-bond donors (Lipinski definition) is 0. The van der Waals surface area contributed by atoms with Crippen LogP contribution >= 0.6 is 22.6 Å². The highest BCUT2D eigenvalue weighted by Gasteiger charge is 2.09. The Balaban J connectivity index is 2.60. The second kappa shape index (κ2) is 5.34. The van der Waals surface area contributed by atoms with Crippen LogP contribution in [0.5, 0.6) is 5.75 Å². The number of rotatable bonds is 3. The van der Waals surface area contributed by atoms with E-state index in [0.717, 1.165) is 0 Å². The fourth-order valence-electron chi connectivity index (χ4n) is 1.70. The molecular formula is C13H8IO4-. The van der Waals surface area contributed by atoms with Crippen LogP contribution in [0.1, 0.15) is 10.4 Å². The van der Waals surface area contributed by atoms with Crippen molar-refractivity contribution in [1.82, 2.24) is 0 Å². The molecule has 0 heterocycles. The summed E-state index contributed by atoms with van der Waals surface area (Å²) < 4.78 is 5.38. The number of carboxylic acid groups (broad SMARTS) is 1. The molecule has 0 N–H and O–H groups in total. The Kier molecular flexibility index (Phi) is 3.81. The first-order chi connectivity index (χ1) is 8.63. The molecule has 0 aliphatic rings. The molecule has 0 amide bonds. The van der Waals surface area contributed by atoms with E-state index < -0.39 is 5.97 Å². The number of aromatic carboxylic acids is 1. The van der Waals surface area contributed by atoms with Gasteiger partial charge in [0.05, 0.1) is 10.4 Å². The van der Waals surface area contributed by atoms with Crippen molar-refractivity contribution in [3.8, 4) is 5.75 Å². The summed E-state index contributed by atoms with van der Waals surface area (Å²) in [4.78, 5) is 22.3. The van der Waals surface area contributed by atoms with Gasteiger partial charge in [-0.3, -0.25) is 4.79 Å². The van der Waals surface area contributed by atoms with Gasteiger partial charge in [0.2, 0.25) is 0 Å². The molecule has 2 rings (SSSR count). The Morgan fingerprint density at radius 3 is 2.44 bits per heavy atom. The first-order valence-electron chi connectivity index (χ1n) is 5.13. The number of fused-ring (bicyclic) bond motifs is 1. The highest BCUT2D eigenvalue weighted by molar-refractivity contribution is 14.1. The molecule has 0 atom stereocenters. The van der Waals surface area contributed by atoms with Crippen LogP contribution in [0.3, 0.4) is 0 Å². The molecule has 4 nitrogen and oxygen atoms in total. The Bertz CT molecular complexity index is 621. The van der Waals surface area contributed by atoms with Crippen LogP contribution in [0.2, 0.25) is 0 Å². The monoisotopic (exact) mass is 355 g/mol. The van der Waals surface area contributed by atoms with E-state index in [9.17, 15) is 14.7 Å². The zero-order valence-electron chi connectivity index (χ0n) is 9.18. The van der Waals surface area contributed by atoms with E-state index in [2.05, 4.69) is 0 Å². The summed E-state index contributed by atoms with van der Waals surface area (Å²) in [6.07, 6.45) is 0. The average Bonchev–Trinajstić information content (AvgIpc) is 2.38. The zero-order chi connectivity index (χ0) is 13.1. The Hall–Kier alpha value is -1.63. The first kappa shape index (κ1) is 12.8. The molecular weight excluding hydrogens is 347 g/mol. The average molecular weight is 355 g/mol. The fourth-order valence-corrected chi connectivity index (χ4v) is 1.85. The standard InChI is InChI=1S/C13H9IO4/c14-7-12(15)18-11-6-2-3-8-9(11)4-1-5-10(8)13(16)17/h1-6H,7H2,(H,16,17)/p-1. The van der Waals surface area contributed by atoms with Crippen LogP contribution in [-0.4, -0.2) is 16.4 Å². The molecule has 0 saturated carbocycles. The lowest BCUT2D eigenvalue weighted by atomic mass is 10.0. The van der Waals surface area contributed by atoms with Crippen molar-refractivity contribution in [3.05, 3.63) is 42.0 Å². The maximum Gasteiger partial charge on any atom is 0.321 e. The predicted molar refractivity (Wildman–Crippen MR) is 72.8 cm³/mol. The van der Waals surface area contributed by atoms with Crippen LogP contribution in [-0.2, 0) is 4.79 Å². The molecule has 0 radical (unpaired) electrons. The number of carboxylic acids is 1. The number of alkyl halides is 1. The summed E-state index contributed by atoms with van der Waals surface area (Å²) in [5.41, 5.74) is 0.0832. The van der Waals surface area contributed by atoms with Gasteiger partial charge in [0, 0.05) is 10.9 Å². The Morgan fingerprint density at radius 1 is 1.11 bits per heavy atom. The first-order valence-corrected chi connectivity index (χ1v) is 6.66. The van der Waals surface area contributed by atoms with Crippen molar-refractivity contribution in [2.24, 2.45) is 0 Å². The molecule has 0 aromatic heterocycles. The van der Waals surface area contributed by atoms with Gasteiger partial charge >= 0.3 is 5.97 Å². The molecule has 2 aromatic rings. The molecule has 0 bridgehead atoms. The number of carbonyl (C=O) groups is 2. The summed E-state index contributed by atoms with van der Waals surface area (Å²) in [6, 6.07) is 9.69. The largest absolute Gasteiger partial charge is 0.545 e. The van der Waals surface area contributed by atoms with E-state index in [-0.39, 0.29) is 16.0 Å². The molecule has 0 spiro atoms. The van der Waals surface area contributed by atoms with Gasteiger partial charge in [-0.25, -0.2) is 0 Å². The number of esters is 1. The van der Waals surface area contributed by atoms with Gasteiger partial charge in [-0.15, -0.1) is 0 Å². The van der Waals surface area contributed by atoms with Crippen molar-refractivity contribution in [2.75, 3.05) is 4.43 Å². The highest BCUT2D eigenvalue weighted by atomic mass is 127. The number of carbonyl (C=O) groups excluding carboxylic acids is 2. The van der Waals surface area contributed by atoms with Gasteiger partial charge in [0.25, 0.3) is 0 Å². The lowest BCUT2D eigenvalue weighted by Gasteiger charge is -2.10. The van der Waals surface area contributed by atoms with Crippen molar-refractivity contribution in [2.45, 2.75) is 0 Å². The lowest BCUT2D eigenvalue weighted by molar-refractivity contribution is -0.254. The van der Waals surface area contributed by atoms with Gasteiger partial charge in [-0.2, -0.15) is 0 Å². The van der Waals surface area contributed by atoms with E-state index in [0.29, 0.717) is 16.5 Å². The molecule has 92 valence electrons. The van der Waals surface area contributed by atoms with E-state index in [1.165, 1.54) is 6.07 Å². The second-order valence-electron chi connectivity index (χ2n) is 3.55. The molecule has 0 aliphatic heterocycles. The third-order valence-electron chi connectivity index (χ3n) is 2.43. The summed E-state index contributed by atoms with van der Waals surface area (Å²) in [5.74, 6) is -1.27. The molecule has 0 unspecified atom stereocenters. The number of halogens is 1. The molecule has 0 saturated heterocycles. The fraction of sp³-hybridized carbons (Fsp3) is 0.0769. The Morgan fingerprint density at radius 2 is 1.78 bits per heavy atom.